The summed E-state index contributed by atoms with van der Waals surface area (Å²) in [5.41, 5.74) is -0.00578. The number of carbonyl (C=O) groups is 1. The van der Waals surface area contributed by atoms with Gasteiger partial charge in [0.1, 0.15) is 0 Å². The van der Waals surface area contributed by atoms with E-state index in [-0.39, 0.29) is 11.9 Å². The third-order valence-corrected chi connectivity index (χ3v) is 2.60. The molecule has 1 amide bonds. The monoisotopic (exact) mass is 235 g/mol. The molecular formula is C14H21NO2. The Morgan fingerprint density at radius 3 is 2.47 bits per heavy atom. The van der Waals surface area contributed by atoms with E-state index >= 15 is 0 Å². The van der Waals surface area contributed by atoms with Crippen molar-refractivity contribution in [2.45, 2.75) is 45.3 Å². The second-order valence-electron chi connectivity index (χ2n) is 5.09. The van der Waals surface area contributed by atoms with E-state index in [2.05, 4.69) is 5.32 Å². The van der Waals surface area contributed by atoms with E-state index in [9.17, 15) is 9.90 Å². The maximum Gasteiger partial charge on any atom is 0.251 e. The Hall–Kier alpha value is -1.35. The standard InChI is InChI=1S/C14H21NO2/c1-11(9-10-14(2,3)17)15-13(16)12-7-5-4-6-8-12/h4-8,11,17H,9-10H2,1-3H3,(H,15,16)/t11-/m1/s1. The second kappa shape index (κ2) is 5.82. The van der Waals surface area contributed by atoms with Crippen LogP contribution in [-0.2, 0) is 0 Å². The average Bonchev–Trinajstić information content (AvgIpc) is 2.27. The van der Waals surface area contributed by atoms with E-state index in [0.717, 1.165) is 6.42 Å². The molecular weight excluding hydrogens is 214 g/mol. The minimum atomic E-state index is -0.675. The number of carbonyl (C=O) groups excluding carboxylic acids is 1. The Labute approximate surface area is 103 Å². The summed E-state index contributed by atoms with van der Waals surface area (Å²) >= 11 is 0. The Bertz CT molecular complexity index is 354. The molecule has 0 spiro atoms. The highest BCUT2D eigenvalue weighted by Crippen LogP contribution is 2.12. The Morgan fingerprint density at radius 1 is 1.35 bits per heavy atom. The topological polar surface area (TPSA) is 49.3 Å². The summed E-state index contributed by atoms with van der Waals surface area (Å²) < 4.78 is 0. The molecule has 1 aromatic rings. The molecule has 0 radical (unpaired) electrons. The van der Waals surface area contributed by atoms with Crippen molar-refractivity contribution >= 4 is 5.91 Å². The van der Waals surface area contributed by atoms with Crippen molar-refractivity contribution in [2.24, 2.45) is 0 Å². The predicted octanol–water partition coefficient (Wildman–Crippen LogP) is 2.36. The Morgan fingerprint density at radius 2 is 1.94 bits per heavy atom. The first-order chi connectivity index (χ1) is 7.88. The van der Waals surface area contributed by atoms with Crippen molar-refractivity contribution in [3.05, 3.63) is 35.9 Å². The van der Waals surface area contributed by atoms with Crippen LogP contribution in [-0.4, -0.2) is 22.7 Å². The van der Waals surface area contributed by atoms with E-state index in [1.54, 1.807) is 26.0 Å². The lowest BCUT2D eigenvalue weighted by Crippen LogP contribution is -2.34. The third-order valence-electron chi connectivity index (χ3n) is 2.60. The second-order valence-corrected chi connectivity index (χ2v) is 5.09. The quantitative estimate of drug-likeness (QED) is 0.823. The summed E-state index contributed by atoms with van der Waals surface area (Å²) in [7, 11) is 0. The van der Waals surface area contributed by atoms with Crippen LogP contribution in [0.5, 0.6) is 0 Å². The average molecular weight is 235 g/mol. The van der Waals surface area contributed by atoms with Gasteiger partial charge in [-0.05, 0) is 45.7 Å². The molecule has 0 aromatic heterocycles. The fourth-order valence-electron chi connectivity index (χ4n) is 1.54. The molecule has 3 heteroatoms. The van der Waals surface area contributed by atoms with E-state index in [0.29, 0.717) is 12.0 Å². The van der Waals surface area contributed by atoms with Gasteiger partial charge in [-0.1, -0.05) is 18.2 Å². The number of aliphatic hydroxyl groups is 1. The third kappa shape index (κ3) is 5.50. The zero-order valence-electron chi connectivity index (χ0n) is 10.7. The van der Waals surface area contributed by atoms with Crippen molar-refractivity contribution in [2.75, 3.05) is 0 Å². The summed E-state index contributed by atoms with van der Waals surface area (Å²) in [6.45, 7) is 5.50. The number of rotatable bonds is 5. The number of benzene rings is 1. The smallest absolute Gasteiger partial charge is 0.251 e. The minimum Gasteiger partial charge on any atom is -0.390 e. The molecule has 2 N–H and O–H groups in total. The van der Waals surface area contributed by atoms with Gasteiger partial charge in [0.2, 0.25) is 0 Å². The van der Waals surface area contributed by atoms with Crippen LogP contribution in [0.4, 0.5) is 0 Å². The van der Waals surface area contributed by atoms with Crippen LogP contribution >= 0.6 is 0 Å². The minimum absolute atomic E-state index is 0.0613. The first kappa shape index (κ1) is 13.7. The molecule has 94 valence electrons. The number of amides is 1. The highest BCUT2D eigenvalue weighted by atomic mass is 16.3. The first-order valence-corrected chi connectivity index (χ1v) is 5.97. The van der Waals surface area contributed by atoms with E-state index in [1.807, 2.05) is 25.1 Å². The summed E-state index contributed by atoms with van der Waals surface area (Å²) in [5, 5.41) is 12.5. The maximum absolute atomic E-state index is 11.8. The van der Waals surface area contributed by atoms with Crippen LogP contribution in [0, 0.1) is 0 Å². The highest BCUT2D eigenvalue weighted by molar-refractivity contribution is 5.94. The number of nitrogens with one attached hydrogen (secondary N) is 1. The molecule has 3 nitrogen and oxygen atoms in total. The molecule has 0 unspecified atom stereocenters. The van der Waals surface area contributed by atoms with Gasteiger partial charge in [0.05, 0.1) is 5.60 Å². The van der Waals surface area contributed by atoms with Crippen molar-refractivity contribution in [1.29, 1.82) is 0 Å². The molecule has 0 saturated heterocycles. The van der Waals surface area contributed by atoms with Crippen LogP contribution in [0.2, 0.25) is 0 Å². The van der Waals surface area contributed by atoms with Crippen LogP contribution in [0.25, 0.3) is 0 Å². The number of hydrogen-bond donors (Lipinski definition) is 2. The van der Waals surface area contributed by atoms with Crippen LogP contribution in [0.15, 0.2) is 30.3 Å². The van der Waals surface area contributed by atoms with E-state index in [4.69, 9.17) is 0 Å². The molecule has 0 saturated carbocycles. The van der Waals surface area contributed by atoms with E-state index in [1.165, 1.54) is 0 Å². The molecule has 1 atom stereocenters. The fraction of sp³-hybridized carbons (Fsp3) is 0.500. The van der Waals surface area contributed by atoms with Crippen molar-refractivity contribution in [1.82, 2.24) is 5.32 Å². The summed E-state index contributed by atoms with van der Waals surface area (Å²) in [6, 6.07) is 9.21. The molecule has 1 aromatic carbocycles. The van der Waals surface area contributed by atoms with Crippen LogP contribution < -0.4 is 5.32 Å². The first-order valence-electron chi connectivity index (χ1n) is 5.97. The molecule has 17 heavy (non-hydrogen) atoms. The van der Waals surface area contributed by atoms with Gasteiger partial charge >= 0.3 is 0 Å². The zero-order chi connectivity index (χ0) is 12.9. The Balaban J connectivity index is 2.42. The van der Waals surface area contributed by atoms with Gasteiger partial charge in [0.25, 0.3) is 5.91 Å². The highest BCUT2D eigenvalue weighted by Gasteiger charge is 2.15. The summed E-state index contributed by atoms with van der Waals surface area (Å²) in [6.07, 6.45) is 1.44. The fourth-order valence-corrected chi connectivity index (χ4v) is 1.54. The van der Waals surface area contributed by atoms with Crippen molar-refractivity contribution in [3.63, 3.8) is 0 Å². The van der Waals surface area contributed by atoms with Gasteiger partial charge < -0.3 is 10.4 Å². The molecule has 0 fully saturated rings. The van der Waals surface area contributed by atoms with Gasteiger partial charge in [-0.3, -0.25) is 4.79 Å². The SMILES string of the molecule is C[C@H](CCC(C)(C)O)NC(=O)c1ccccc1. The summed E-state index contributed by atoms with van der Waals surface area (Å²) in [4.78, 5) is 11.8. The molecule has 1 rings (SSSR count). The largest absolute Gasteiger partial charge is 0.390 e. The zero-order valence-corrected chi connectivity index (χ0v) is 10.7. The van der Waals surface area contributed by atoms with E-state index < -0.39 is 5.60 Å². The lowest BCUT2D eigenvalue weighted by Gasteiger charge is -2.20. The molecule has 0 aliphatic carbocycles. The molecule has 0 aliphatic rings. The van der Waals surface area contributed by atoms with Crippen LogP contribution in [0.3, 0.4) is 0 Å². The lowest BCUT2D eigenvalue weighted by molar-refractivity contribution is 0.0647. The van der Waals surface area contributed by atoms with Crippen LogP contribution in [0.1, 0.15) is 44.0 Å². The summed E-state index contributed by atoms with van der Waals surface area (Å²) in [5.74, 6) is -0.0613. The normalized spacial score (nSPS) is 13.2. The van der Waals surface area contributed by atoms with Gasteiger partial charge in [0.15, 0.2) is 0 Å². The maximum atomic E-state index is 11.8. The lowest BCUT2D eigenvalue weighted by atomic mass is 10.00. The van der Waals surface area contributed by atoms with Gasteiger partial charge in [0, 0.05) is 11.6 Å². The van der Waals surface area contributed by atoms with Gasteiger partial charge in [-0.15, -0.1) is 0 Å². The van der Waals surface area contributed by atoms with Crippen molar-refractivity contribution < 1.29 is 9.90 Å². The Kier molecular flexibility index (Phi) is 4.70. The van der Waals surface area contributed by atoms with Gasteiger partial charge in [-0.2, -0.15) is 0 Å². The predicted molar refractivity (Wildman–Crippen MR) is 68.9 cm³/mol. The van der Waals surface area contributed by atoms with Gasteiger partial charge in [-0.25, -0.2) is 0 Å². The number of hydrogen-bond acceptors (Lipinski definition) is 2. The molecule has 0 heterocycles. The molecule has 0 aliphatic heterocycles. The molecule has 0 bridgehead atoms. The van der Waals surface area contributed by atoms with Crippen molar-refractivity contribution in [3.8, 4) is 0 Å².